The van der Waals surface area contributed by atoms with Crippen LogP contribution in [0.3, 0.4) is 0 Å². The van der Waals surface area contributed by atoms with E-state index >= 15 is 0 Å². The summed E-state index contributed by atoms with van der Waals surface area (Å²) < 4.78 is 2.14. The second-order valence-electron chi connectivity index (χ2n) is 9.51. The number of aliphatic hydroxyl groups is 2. The smallest absolute Gasteiger partial charge is 0.255 e. The summed E-state index contributed by atoms with van der Waals surface area (Å²) in [4.78, 5) is 32.6. The third-order valence-electron chi connectivity index (χ3n) is 6.92. The average Bonchev–Trinajstić information content (AvgIpc) is 3.65. The molecule has 3 N–H and O–H groups in total. The summed E-state index contributed by atoms with van der Waals surface area (Å²) in [5.41, 5.74) is 3.94. The highest BCUT2D eigenvalue weighted by atomic mass is 35.5. The summed E-state index contributed by atoms with van der Waals surface area (Å²) in [7, 11) is 0. The molecule has 1 aliphatic rings. The van der Waals surface area contributed by atoms with Gasteiger partial charge in [-0.15, -0.1) is 11.3 Å². The molecule has 0 radical (unpaired) electrons. The molecule has 0 unspecified atom stereocenters. The molecule has 1 fully saturated rings. The highest BCUT2D eigenvalue weighted by molar-refractivity contribution is 7.10. The molecular formula is C28H29ClN4O4S. The van der Waals surface area contributed by atoms with Crippen molar-refractivity contribution < 1.29 is 19.8 Å². The number of imidazole rings is 1. The maximum Gasteiger partial charge on any atom is 0.255 e. The molecule has 4 aromatic rings. The second-order valence-corrected chi connectivity index (χ2v) is 10.9. The average molecular weight is 553 g/mol. The fourth-order valence-electron chi connectivity index (χ4n) is 5.00. The van der Waals surface area contributed by atoms with Gasteiger partial charge in [0.15, 0.2) is 12.2 Å². The van der Waals surface area contributed by atoms with Crippen LogP contribution in [0.2, 0.25) is 5.02 Å². The quantitative estimate of drug-likeness (QED) is 0.308. The van der Waals surface area contributed by atoms with Gasteiger partial charge in [-0.3, -0.25) is 9.59 Å². The normalized spacial score (nSPS) is 17.1. The Morgan fingerprint density at radius 2 is 1.97 bits per heavy atom. The number of hydrogen-bond acceptors (Lipinski definition) is 6. The Bertz CT molecular complexity index is 1470. The van der Waals surface area contributed by atoms with Gasteiger partial charge in [0, 0.05) is 16.4 Å². The van der Waals surface area contributed by atoms with Crippen molar-refractivity contribution in [2.75, 3.05) is 6.54 Å². The van der Waals surface area contributed by atoms with Gasteiger partial charge in [-0.2, -0.15) is 0 Å². The SMILES string of the molecule is Cc1nc2ccccc2n1Cc1csc(CNC(=O)[C@H](O)[C@@H](O)C(=O)N2CCC[C@@H]2c2cccc(Cl)c2)c1. The molecule has 0 bridgehead atoms. The van der Waals surface area contributed by atoms with E-state index in [1.54, 1.807) is 12.1 Å². The van der Waals surface area contributed by atoms with Crippen LogP contribution >= 0.6 is 22.9 Å². The van der Waals surface area contributed by atoms with E-state index in [2.05, 4.69) is 14.9 Å². The molecular weight excluding hydrogens is 524 g/mol. The zero-order valence-corrected chi connectivity index (χ0v) is 22.5. The summed E-state index contributed by atoms with van der Waals surface area (Å²) in [6.45, 7) is 3.24. The summed E-state index contributed by atoms with van der Waals surface area (Å²) in [6, 6.07) is 16.9. The largest absolute Gasteiger partial charge is 0.380 e. The van der Waals surface area contributed by atoms with Gasteiger partial charge < -0.3 is 25.0 Å². The number of benzene rings is 2. The zero-order valence-electron chi connectivity index (χ0n) is 20.9. The summed E-state index contributed by atoms with van der Waals surface area (Å²) in [6.07, 6.45) is -2.25. The van der Waals surface area contributed by atoms with Gasteiger partial charge in [-0.25, -0.2) is 4.98 Å². The van der Waals surface area contributed by atoms with E-state index in [0.29, 0.717) is 18.1 Å². The molecule has 0 saturated carbocycles. The number of aliphatic hydroxyl groups excluding tert-OH is 2. The minimum Gasteiger partial charge on any atom is -0.380 e. The van der Waals surface area contributed by atoms with E-state index in [0.717, 1.165) is 45.7 Å². The lowest BCUT2D eigenvalue weighted by Gasteiger charge is -2.28. The van der Waals surface area contributed by atoms with Crippen molar-refractivity contribution in [1.82, 2.24) is 19.8 Å². The Balaban J connectivity index is 1.18. The topological polar surface area (TPSA) is 108 Å². The highest BCUT2D eigenvalue weighted by Crippen LogP contribution is 2.33. The first kappa shape index (κ1) is 26.4. The molecule has 198 valence electrons. The van der Waals surface area contributed by atoms with Crippen LogP contribution in [0.5, 0.6) is 0 Å². The lowest BCUT2D eigenvalue weighted by atomic mass is 10.0. The third kappa shape index (κ3) is 5.47. The number of thiophene rings is 1. The summed E-state index contributed by atoms with van der Waals surface area (Å²) in [5, 5.41) is 26.3. The molecule has 2 amide bonds. The minimum absolute atomic E-state index is 0.181. The number of aromatic nitrogens is 2. The Kier molecular flexibility index (Phi) is 7.80. The molecule has 3 atom stereocenters. The number of rotatable bonds is 8. The molecule has 3 heterocycles. The van der Waals surface area contributed by atoms with Gasteiger partial charge in [-0.05, 0) is 66.6 Å². The number of carbonyl (C=O) groups is 2. The predicted molar refractivity (Wildman–Crippen MR) is 147 cm³/mol. The highest BCUT2D eigenvalue weighted by Gasteiger charge is 2.38. The first-order valence-corrected chi connectivity index (χ1v) is 13.8. The van der Waals surface area contributed by atoms with Crippen LogP contribution < -0.4 is 5.32 Å². The monoisotopic (exact) mass is 552 g/mol. The summed E-state index contributed by atoms with van der Waals surface area (Å²) in [5.74, 6) is -0.545. The Morgan fingerprint density at radius 1 is 1.16 bits per heavy atom. The number of amides is 2. The molecule has 1 saturated heterocycles. The number of nitrogens with zero attached hydrogens (tertiary/aromatic N) is 3. The maximum atomic E-state index is 13.0. The van der Waals surface area contributed by atoms with Gasteiger partial charge in [-0.1, -0.05) is 35.9 Å². The van der Waals surface area contributed by atoms with Gasteiger partial charge >= 0.3 is 0 Å². The molecule has 0 spiro atoms. The molecule has 2 aromatic heterocycles. The number of likely N-dealkylation sites (tertiary alicyclic amines) is 1. The van der Waals surface area contributed by atoms with Crippen LogP contribution in [0.25, 0.3) is 11.0 Å². The van der Waals surface area contributed by atoms with Gasteiger partial charge in [0.25, 0.3) is 11.8 Å². The minimum atomic E-state index is -1.87. The zero-order chi connectivity index (χ0) is 26.8. The Labute approximate surface area is 229 Å². The Hall–Kier alpha value is -3.24. The van der Waals surface area contributed by atoms with E-state index in [9.17, 15) is 19.8 Å². The van der Waals surface area contributed by atoms with Gasteiger partial charge in [0.1, 0.15) is 5.82 Å². The van der Waals surface area contributed by atoms with Crippen LogP contribution in [-0.2, 0) is 22.7 Å². The van der Waals surface area contributed by atoms with Gasteiger partial charge in [0.05, 0.1) is 30.2 Å². The number of aryl methyl sites for hydroxylation is 1. The molecule has 0 aliphatic carbocycles. The molecule has 5 rings (SSSR count). The number of carbonyl (C=O) groups excluding carboxylic acids is 2. The number of para-hydroxylation sites is 2. The molecule has 1 aliphatic heterocycles. The second kappa shape index (κ2) is 11.2. The van der Waals surface area contributed by atoms with Crippen molar-refractivity contribution >= 4 is 45.8 Å². The number of fused-ring (bicyclic) bond motifs is 1. The predicted octanol–water partition coefficient (Wildman–Crippen LogP) is 3.81. The molecule has 2 aromatic carbocycles. The van der Waals surface area contributed by atoms with Crippen molar-refractivity contribution in [1.29, 1.82) is 0 Å². The number of hydrogen-bond donors (Lipinski definition) is 3. The fraction of sp³-hybridized carbons (Fsp3) is 0.321. The fourth-order valence-corrected chi connectivity index (χ4v) is 6.02. The van der Waals surface area contributed by atoms with Gasteiger partial charge in [0.2, 0.25) is 0 Å². The van der Waals surface area contributed by atoms with Crippen LogP contribution in [0.1, 0.15) is 40.7 Å². The standard InChI is InChI=1S/C28H29ClN4O4S/c1-17-31-22-8-2-3-9-24(22)33(17)15-18-12-21(38-16-18)14-30-27(36)25(34)26(35)28(37)32-11-5-10-23(32)19-6-4-7-20(29)13-19/h2-4,6-9,12-13,16,23,25-26,34-35H,5,10-11,14-15H2,1H3,(H,30,36)/t23-,25-,26-/m1/s1. The first-order chi connectivity index (χ1) is 18.3. The van der Waals surface area contributed by atoms with Crippen molar-refractivity contribution in [3.63, 3.8) is 0 Å². The lowest BCUT2D eigenvalue weighted by Crippen LogP contribution is -2.50. The van der Waals surface area contributed by atoms with Crippen molar-refractivity contribution in [3.8, 4) is 0 Å². The summed E-state index contributed by atoms with van der Waals surface area (Å²) >= 11 is 7.60. The van der Waals surface area contributed by atoms with Crippen molar-refractivity contribution in [3.05, 3.63) is 86.8 Å². The van der Waals surface area contributed by atoms with Crippen molar-refractivity contribution in [2.45, 2.75) is 51.1 Å². The van der Waals surface area contributed by atoms with Crippen LogP contribution in [0, 0.1) is 6.92 Å². The first-order valence-electron chi connectivity index (χ1n) is 12.5. The van der Waals surface area contributed by atoms with Crippen LogP contribution in [0.4, 0.5) is 0 Å². The van der Waals surface area contributed by atoms with Crippen LogP contribution in [-0.4, -0.2) is 55.2 Å². The molecule has 38 heavy (non-hydrogen) atoms. The van der Waals surface area contributed by atoms with E-state index in [1.807, 2.05) is 54.8 Å². The van der Waals surface area contributed by atoms with Crippen LogP contribution in [0.15, 0.2) is 60.0 Å². The lowest BCUT2D eigenvalue weighted by molar-refractivity contribution is -0.153. The Morgan fingerprint density at radius 3 is 2.79 bits per heavy atom. The maximum absolute atomic E-state index is 13.0. The van der Waals surface area contributed by atoms with E-state index in [4.69, 9.17) is 11.6 Å². The third-order valence-corrected chi connectivity index (χ3v) is 8.14. The molecule has 10 heteroatoms. The van der Waals surface area contributed by atoms with Crippen molar-refractivity contribution in [2.24, 2.45) is 0 Å². The van der Waals surface area contributed by atoms with E-state index in [-0.39, 0.29) is 12.6 Å². The number of nitrogens with one attached hydrogen (secondary N) is 1. The van der Waals surface area contributed by atoms with E-state index < -0.39 is 24.0 Å². The molecule has 8 nitrogen and oxygen atoms in total. The number of halogens is 1. The van der Waals surface area contributed by atoms with E-state index in [1.165, 1.54) is 16.2 Å².